The third kappa shape index (κ3) is 6.01. The van der Waals surface area contributed by atoms with Gasteiger partial charge in [0.15, 0.2) is 0 Å². The SMILES string of the molecule is CNC(=O)CN(CC(=O)NC)C(=O)C(C)(C)CCOC. The van der Waals surface area contributed by atoms with E-state index < -0.39 is 5.41 Å². The summed E-state index contributed by atoms with van der Waals surface area (Å²) in [6, 6.07) is 0. The smallest absolute Gasteiger partial charge is 0.239 e. The lowest BCUT2D eigenvalue weighted by Crippen LogP contribution is -2.49. The van der Waals surface area contributed by atoms with Gasteiger partial charge >= 0.3 is 0 Å². The van der Waals surface area contributed by atoms with Gasteiger partial charge in [-0.3, -0.25) is 14.4 Å². The van der Waals surface area contributed by atoms with Crippen LogP contribution in [0.25, 0.3) is 0 Å². The molecule has 2 N–H and O–H groups in total. The van der Waals surface area contributed by atoms with E-state index in [1.54, 1.807) is 21.0 Å². The Hall–Kier alpha value is -1.63. The van der Waals surface area contributed by atoms with Gasteiger partial charge in [-0.1, -0.05) is 13.8 Å². The summed E-state index contributed by atoms with van der Waals surface area (Å²) in [5.74, 6) is -0.878. The molecule has 0 atom stereocenters. The Morgan fingerprint density at radius 1 is 1.05 bits per heavy atom. The zero-order valence-electron chi connectivity index (χ0n) is 12.9. The topological polar surface area (TPSA) is 87.7 Å². The van der Waals surface area contributed by atoms with Crippen LogP contribution in [0.15, 0.2) is 0 Å². The van der Waals surface area contributed by atoms with Crippen molar-refractivity contribution in [3.8, 4) is 0 Å². The lowest BCUT2D eigenvalue weighted by atomic mass is 9.88. The van der Waals surface area contributed by atoms with Crippen LogP contribution in [0.4, 0.5) is 0 Å². The molecule has 0 aromatic rings. The van der Waals surface area contributed by atoms with Gasteiger partial charge in [-0.25, -0.2) is 0 Å². The van der Waals surface area contributed by atoms with Crippen LogP contribution in [-0.4, -0.2) is 63.5 Å². The van der Waals surface area contributed by atoms with Crippen LogP contribution < -0.4 is 10.6 Å². The Bertz CT molecular complexity index is 338. The molecule has 0 aromatic heterocycles. The third-order valence-corrected chi connectivity index (χ3v) is 3.02. The third-order valence-electron chi connectivity index (χ3n) is 3.02. The van der Waals surface area contributed by atoms with Crippen LogP contribution in [0.1, 0.15) is 20.3 Å². The maximum absolute atomic E-state index is 12.5. The summed E-state index contributed by atoms with van der Waals surface area (Å²) in [4.78, 5) is 36.7. The second-order valence-corrected chi connectivity index (χ2v) is 5.13. The summed E-state index contributed by atoms with van der Waals surface area (Å²) in [6.45, 7) is 3.70. The van der Waals surface area contributed by atoms with E-state index >= 15 is 0 Å². The Kier molecular flexibility index (Phi) is 7.83. The summed E-state index contributed by atoms with van der Waals surface area (Å²) in [6.07, 6.45) is 0.514. The van der Waals surface area contributed by atoms with E-state index in [-0.39, 0.29) is 30.8 Å². The maximum Gasteiger partial charge on any atom is 0.239 e. The lowest BCUT2D eigenvalue weighted by molar-refractivity contribution is -0.146. The number of ether oxygens (including phenoxy) is 1. The first-order valence-electron chi connectivity index (χ1n) is 6.48. The zero-order valence-corrected chi connectivity index (χ0v) is 12.9. The van der Waals surface area contributed by atoms with Gasteiger partial charge in [0.05, 0.1) is 0 Å². The summed E-state index contributed by atoms with van der Waals surface area (Å²) in [7, 11) is 4.54. The molecule has 0 spiro atoms. The minimum atomic E-state index is -0.696. The van der Waals surface area contributed by atoms with E-state index in [2.05, 4.69) is 10.6 Å². The van der Waals surface area contributed by atoms with Gasteiger partial charge in [-0.05, 0) is 6.42 Å². The molecule has 7 nitrogen and oxygen atoms in total. The molecule has 0 saturated heterocycles. The molecule has 0 aromatic carbocycles. The van der Waals surface area contributed by atoms with Crippen LogP contribution in [0.5, 0.6) is 0 Å². The number of hydrogen-bond acceptors (Lipinski definition) is 4. The molecule has 0 aliphatic heterocycles. The van der Waals surface area contributed by atoms with Gasteiger partial charge in [0.1, 0.15) is 13.1 Å². The zero-order chi connectivity index (χ0) is 15.8. The monoisotopic (exact) mass is 287 g/mol. The summed E-state index contributed by atoms with van der Waals surface area (Å²) >= 11 is 0. The van der Waals surface area contributed by atoms with Gasteiger partial charge in [0.2, 0.25) is 17.7 Å². The van der Waals surface area contributed by atoms with E-state index in [4.69, 9.17) is 4.74 Å². The molecule has 20 heavy (non-hydrogen) atoms. The minimum absolute atomic E-state index is 0.140. The van der Waals surface area contributed by atoms with Gasteiger partial charge in [0.25, 0.3) is 0 Å². The number of hydrogen-bond donors (Lipinski definition) is 2. The molecule has 3 amide bonds. The first-order chi connectivity index (χ1) is 9.28. The summed E-state index contributed by atoms with van der Waals surface area (Å²) in [5.41, 5.74) is -0.696. The molecule has 7 heteroatoms. The number of carbonyl (C=O) groups is 3. The fourth-order valence-electron chi connectivity index (χ4n) is 1.60. The molecule has 0 aliphatic rings. The highest BCUT2D eigenvalue weighted by molar-refractivity contribution is 5.91. The standard InChI is InChI=1S/C13H25N3O4/c1-13(2,6-7-20-5)12(19)16(8-10(17)14-3)9-11(18)15-4/h6-9H2,1-5H3,(H,14,17)(H,15,18). The van der Waals surface area contributed by atoms with Crippen LogP contribution >= 0.6 is 0 Å². The Balaban J connectivity index is 4.94. The molecule has 0 bridgehead atoms. The molecule has 0 aliphatic carbocycles. The number of nitrogens with one attached hydrogen (secondary N) is 2. The second-order valence-electron chi connectivity index (χ2n) is 5.13. The molecular formula is C13H25N3O4. The lowest BCUT2D eigenvalue weighted by Gasteiger charge is -2.31. The van der Waals surface area contributed by atoms with Crippen LogP contribution in [0.2, 0.25) is 0 Å². The molecule has 0 saturated carbocycles. The number of rotatable bonds is 8. The van der Waals surface area contributed by atoms with Crippen LogP contribution in [-0.2, 0) is 19.1 Å². The number of amides is 3. The van der Waals surface area contributed by atoms with Crippen molar-refractivity contribution in [2.24, 2.45) is 5.41 Å². The average molecular weight is 287 g/mol. The predicted molar refractivity (Wildman–Crippen MR) is 75.0 cm³/mol. The van der Waals surface area contributed by atoms with Gasteiger partial charge in [-0.2, -0.15) is 0 Å². The fraction of sp³-hybridized carbons (Fsp3) is 0.769. The van der Waals surface area contributed by atoms with Crippen molar-refractivity contribution in [1.82, 2.24) is 15.5 Å². The van der Waals surface area contributed by atoms with Crippen molar-refractivity contribution in [2.45, 2.75) is 20.3 Å². The van der Waals surface area contributed by atoms with E-state index in [0.29, 0.717) is 13.0 Å². The highest BCUT2D eigenvalue weighted by Crippen LogP contribution is 2.23. The Morgan fingerprint density at radius 2 is 1.50 bits per heavy atom. The maximum atomic E-state index is 12.5. The first kappa shape index (κ1) is 18.4. The van der Waals surface area contributed by atoms with Crippen molar-refractivity contribution in [1.29, 1.82) is 0 Å². The summed E-state index contributed by atoms with van der Waals surface area (Å²) < 4.78 is 4.98. The normalized spacial score (nSPS) is 10.8. The summed E-state index contributed by atoms with van der Waals surface area (Å²) in [5, 5.41) is 4.89. The number of methoxy groups -OCH3 is 1. The molecule has 0 heterocycles. The number of carbonyl (C=O) groups excluding carboxylic acids is 3. The van der Waals surface area contributed by atoms with E-state index in [0.717, 1.165) is 0 Å². The molecule has 116 valence electrons. The Labute approximate surface area is 120 Å². The number of nitrogens with zero attached hydrogens (tertiary/aromatic N) is 1. The van der Waals surface area contributed by atoms with Crippen LogP contribution in [0.3, 0.4) is 0 Å². The van der Waals surface area contributed by atoms with Crippen molar-refractivity contribution in [3.05, 3.63) is 0 Å². The molecule has 0 unspecified atom stereocenters. The van der Waals surface area contributed by atoms with Gasteiger partial charge in [-0.15, -0.1) is 0 Å². The molecular weight excluding hydrogens is 262 g/mol. The Morgan fingerprint density at radius 3 is 1.85 bits per heavy atom. The molecule has 0 radical (unpaired) electrons. The van der Waals surface area contributed by atoms with Gasteiger partial charge < -0.3 is 20.3 Å². The van der Waals surface area contributed by atoms with Crippen molar-refractivity contribution in [3.63, 3.8) is 0 Å². The van der Waals surface area contributed by atoms with Crippen molar-refractivity contribution >= 4 is 17.7 Å². The highest BCUT2D eigenvalue weighted by Gasteiger charge is 2.33. The van der Waals surface area contributed by atoms with E-state index in [1.807, 2.05) is 0 Å². The second kappa shape index (κ2) is 8.52. The fourth-order valence-corrected chi connectivity index (χ4v) is 1.60. The molecule has 0 rings (SSSR count). The largest absolute Gasteiger partial charge is 0.385 e. The number of likely N-dealkylation sites (N-methyl/N-ethyl adjacent to an activating group) is 2. The average Bonchev–Trinajstić information content (AvgIpc) is 2.43. The van der Waals surface area contributed by atoms with E-state index in [9.17, 15) is 14.4 Å². The quantitative estimate of drug-likeness (QED) is 0.622. The highest BCUT2D eigenvalue weighted by atomic mass is 16.5. The minimum Gasteiger partial charge on any atom is -0.385 e. The van der Waals surface area contributed by atoms with Crippen LogP contribution in [0, 0.1) is 5.41 Å². The van der Waals surface area contributed by atoms with Crippen molar-refractivity contribution < 1.29 is 19.1 Å². The van der Waals surface area contributed by atoms with E-state index in [1.165, 1.54) is 19.0 Å². The van der Waals surface area contributed by atoms with Crippen molar-refractivity contribution in [2.75, 3.05) is 40.9 Å². The first-order valence-corrected chi connectivity index (χ1v) is 6.48. The predicted octanol–water partition coefficient (Wildman–Crippen LogP) is -0.630. The van der Waals surface area contributed by atoms with Gasteiger partial charge in [0, 0.05) is 33.2 Å². The molecule has 0 fully saturated rings.